The van der Waals surface area contributed by atoms with Crippen LogP contribution in [-0.4, -0.2) is 57.6 Å². The topological polar surface area (TPSA) is 104 Å². The summed E-state index contributed by atoms with van der Waals surface area (Å²) < 4.78 is 44.5. The lowest BCUT2D eigenvalue weighted by molar-refractivity contribution is -0.175. The molecule has 0 saturated heterocycles. The molecular weight excluding hydrogens is 533 g/mol. The van der Waals surface area contributed by atoms with Gasteiger partial charge in [0.05, 0.1) is 22.5 Å². The fourth-order valence-corrected chi connectivity index (χ4v) is 4.32. The molecule has 2 aromatic carbocycles. The summed E-state index contributed by atoms with van der Waals surface area (Å²) >= 11 is 1.49. The number of alkyl halides is 3. The molecule has 3 aromatic rings. The number of carbonyl (C=O) groups excluding carboxylic acids is 2. The van der Waals surface area contributed by atoms with E-state index in [1.54, 1.807) is 62.8 Å². The van der Waals surface area contributed by atoms with Gasteiger partial charge in [0.2, 0.25) is 0 Å². The average molecular weight is 565 g/mol. The number of halogens is 3. The zero-order chi connectivity index (χ0) is 28.6. The molecule has 2 atom stereocenters. The van der Waals surface area contributed by atoms with Crippen molar-refractivity contribution in [2.45, 2.75) is 57.7 Å². The van der Waals surface area contributed by atoms with Crippen LogP contribution in [-0.2, 0) is 22.5 Å². The third kappa shape index (κ3) is 9.97. The van der Waals surface area contributed by atoms with Gasteiger partial charge in [-0.25, -0.2) is 9.80 Å². The highest BCUT2D eigenvalue weighted by atomic mass is 32.1. The van der Waals surface area contributed by atoms with Crippen molar-refractivity contribution in [3.63, 3.8) is 0 Å². The number of benzene rings is 2. The van der Waals surface area contributed by atoms with Crippen LogP contribution in [0.5, 0.6) is 0 Å². The third-order valence-corrected chi connectivity index (χ3v) is 6.26. The van der Waals surface area contributed by atoms with Crippen LogP contribution < -0.4 is 10.7 Å². The lowest BCUT2D eigenvalue weighted by atomic mass is 10.0. The van der Waals surface area contributed by atoms with Gasteiger partial charge >= 0.3 is 18.2 Å². The number of hydrazine groups is 1. The molecule has 8 nitrogen and oxygen atoms in total. The molecule has 0 aliphatic heterocycles. The van der Waals surface area contributed by atoms with Crippen LogP contribution in [0.2, 0.25) is 0 Å². The van der Waals surface area contributed by atoms with Gasteiger partial charge in [0.15, 0.2) is 0 Å². The Morgan fingerprint density at radius 2 is 1.72 bits per heavy atom. The van der Waals surface area contributed by atoms with Crippen LogP contribution in [0.1, 0.15) is 31.9 Å². The van der Waals surface area contributed by atoms with E-state index in [1.165, 1.54) is 16.3 Å². The Labute approximate surface area is 228 Å². The van der Waals surface area contributed by atoms with Crippen LogP contribution in [0.25, 0.3) is 10.4 Å². The molecule has 0 bridgehead atoms. The molecule has 210 valence electrons. The monoisotopic (exact) mass is 564 g/mol. The molecule has 3 rings (SSSR count). The smallest absolute Gasteiger partial charge is 0.443 e. The first kappa shape index (κ1) is 30.1. The summed E-state index contributed by atoms with van der Waals surface area (Å²) in [5, 5.41) is 14.3. The highest BCUT2D eigenvalue weighted by Crippen LogP contribution is 2.24. The second-order valence-electron chi connectivity index (χ2n) is 9.89. The molecule has 0 fully saturated rings. The number of hydrogen-bond donors (Lipinski definition) is 3. The van der Waals surface area contributed by atoms with Crippen molar-refractivity contribution in [3.8, 4) is 10.4 Å². The predicted octanol–water partition coefficient (Wildman–Crippen LogP) is 4.70. The minimum absolute atomic E-state index is 0.0619. The molecule has 0 unspecified atom stereocenters. The predicted molar refractivity (Wildman–Crippen MR) is 141 cm³/mol. The standard InChI is InChI=1S/C27H31F3N4O4S/c1-26(2,3)38-25(37)33-34(15-19-9-11-20(12-10-19)23-14-31-17-39-23)16-22(35)21(32-24(36)27(28,29)30)13-18-7-5-4-6-8-18/h4-12,14,17,21-22,35H,13,15-16H2,1-3H3,(H,32,36)(H,33,37)/t21-,22-/m0/s1. The van der Waals surface area contributed by atoms with Crippen LogP contribution in [0.15, 0.2) is 66.3 Å². The van der Waals surface area contributed by atoms with Gasteiger partial charge in [0.25, 0.3) is 0 Å². The van der Waals surface area contributed by atoms with E-state index in [-0.39, 0.29) is 19.5 Å². The van der Waals surface area contributed by atoms with E-state index in [4.69, 9.17) is 4.74 Å². The molecule has 0 aliphatic carbocycles. The van der Waals surface area contributed by atoms with Gasteiger partial charge in [0, 0.05) is 19.3 Å². The molecule has 0 saturated carbocycles. The fourth-order valence-electron chi connectivity index (χ4n) is 3.69. The summed E-state index contributed by atoms with van der Waals surface area (Å²) in [6, 6.07) is 14.7. The zero-order valence-electron chi connectivity index (χ0n) is 21.7. The number of aliphatic hydroxyl groups is 1. The fraction of sp³-hybridized carbons (Fsp3) is 0.370. The number of nitrogens with zero attached hydrogens (tertiary/aromatic N) is 2. The van der Waals surface area contributed by atoms with Crippen molar-refractivity contribution in [2.75, 3.05) is 6.54 Å². The Morgan fingerprint density at radius 1 is 1.05 bits per heavy atom. The van der Waals surface area contributed by atoms with Crippen LogP contribution >= 0.6 is 11.3 Å². The first-order valence-corrected chi connectivity index (χ1v) is 13.0. The highest BCUT2D eigenvalue weighted by molar-refractivity contribution is 7.13. The van der Waals surface area contributed by atoms with E-state index < -0.39 is 35.9 Å². The Kier molecular flexibility index (Phi) is 10.1. The minimum Gasteiger partial charge on any atom is -0.443 e. The Hall–Kier alpha value is -3.48. The minimum atomic E-state index is -5.12. The Morgan fingerprint density at radius 3 is 2.28 bits per heavy atom. The second kappa shape index (κ2) is 13.0. The van der Waals surface area contributed by atoms with Gasteiger partial charge in [-0.2, -0.15) is 13.2 Å². The number of nitrogens with one attached hydrogen (secondary N) is 2. The highest BCUT2D eigenvalue weighted by Gasteiger charge is 2.41. The van der Waals surface area contributed by atoms with Gasteiger partial charge in [-0.3, -0.25) is 15.2 Å². The van der Waals surface area contributed by atoms with Crippen LogP contribution in [0, 0.1) is 0 Å². The first-order chi connectivity index (χ1) is 18.3. The molecule has 3 N–H and O–H groups in total. The number of carbonyl (C=O) groups is 2. The van der Waals surface area contributed by atoms with Gasteiger partial charge in [-0.1, -0.05) is 54.6 Å². The number of hydrogen-bond acceptors (Lipinski definition) is 7. The summed E-state index contributed by atoms with van der Waals surface area (Å²) in [7, 11) is 0. The van der Waals surface area contributed by atoms with Gasteiger partial charge in [-0.15, -0.1) is 11.3 Å². The van der Waals surface area contributed by atoms with E-state index in [2.05, 4.69) is 10.4 Å². The SMILES string of the molecule is CC(C)(C)OC(=O)NN(Cc1ccc(-c2cncs2)cc1)C[C@H](O)[C@H](Cc1ccccc1)NC(=O)C(F)(F)F. The van der Waals surface area contributed by atoms with Crippen molar-refractivity contribution in [3.05, 3.63) is 77.4 Å². The third-order valence-electron chi connectivity index (χ3n) is 5.44. The number of amides is 2. The van der Waals surface area contributed by atoms with E-state index in [1.807, 2.05) is 29.6 Å². The van der Waals surface area contributed by atoms with Crippen LogP contribution in [0.3, 0.4) is 0 Å². The number of rotatable bonds is 10. The molecule has 1 aromatic heterocycles. The van der Waals surface area contributed by atoms with E-state index >= 15 is 0 Å². The molecule has 12 heteroatoms. The number of ether oxygens (including phenoxy) is 1. The largest absolute Gasteiger partial charge is 0.471 e. The van der Waals surface area contributed by atoms with Crippen LogP contribution in [0.4, 0.5) is 18.0 Å². The molecule has 0 radical (unpaired) electrons. The van der Waals surface area contributed by atoms with E-state index in [9.17, 15) is 27.9 Å². The molecular formula is C27H31F3N4O4S. The number of aromatic nitrogens is 1. The zero-order valence-corrected chi connectivity index (χ0v) is 22.6. The van der Waals surface area contributed by atoms with Gasteiger partial charge in [0.1, 0.15) is 5.60 Å². The quantitative estimate of drug-likeness (QED) is 0.309. The van der Waals surface area contributed by atoms with E-state index in [0.29, 0.717) is 5.56 Å². The molecule has 39 heavy (non-hydrogen) atoms. The van der Waals surface area contributed by atoms with Crippen molar-refractivity contribution in [2.24, 2.45) is 0 Å². The maximum Gasteiger partial charge on any atom is 0.471 e. The average Bonchev–Trinajstić information content (AvgIpc) is 3.38. The van der Waals surface area contributed by atoms with Crippen molar-refractivity contribution < 1.29 is 32.6 Å². The molecule has 0 spiro atoms. The normalized spacial score (nSPS) is 13.5. The summed E-state index contributed by atoms with van der Waals surface area (Å²) in [6.07, 6.45) is -5.72. The summed E-state index contributed by atoms with van der Waals surface area (Å²) in [5.74, 6) is -2.16. The van der Waals surface area contributed by atoms with Gasteiger partial charge < -0.3 is 15.2 Å². The molecule has 1 heterocycles. The Balaban J connectivity index is 1.80. The summed E-state index contributed by atoms with van der Waals surface area (Å²) in [5.41, 5.74) is 5.81. The number of thiazole rings is 1. The Bertz CT molecular complexity index is 1200. The second-order valence-corrected chi connectivity index (χ2v) is 10.8. The lowest BCUT2D eigenvalue weighted by Gasteiger charge is -2.31. The molecule has 2 amide bonds. The lowest BCUT2D eigenvalue weighted by Crippen LogP contribution is -2.55. The van der Waals surface area contributed by atoms with Crippen molar-refractivity contribution in [1.29, 1.82) is 0 Å². The van der Waals surface area contributed by atoms with Gasteiger partial charge in [-0.05, 0) is 43.9 Å². The summed E-state index contributed by atoms with van der Waals surface area (Å²) in [4.78, 5) is 29.3. The first-order valence-electron chi connectivity index (χ1n) is 12.1. The molecule has 0 aliphatic rings. The van der Waals surface area contributed by atoms with Crippen molar-refractivity contribution >= 4 is 23.3 Å². The maximum absolute atomic E-state index is 13.0. The summed E-state index contributed by atoms with van der Waals surface area (Å²) in [6.45, 7) is 4.86. The number of aliphatic hydroxyl groups excluding tert-OH is 1. The maximum atomic E-state index is 13.0. The van der Waals surface area contributed by atoms with E-state index in [0.717, 1.165) is 16.0 Å². The van der Waals surface area contributed by atoms with Crippen molar-refractivity contribution in [1.82, 2.24) is 20.7 Å².